The molecule has 0 aliphatic rings. The van der Waals surface area contributed by atoms with Crippen molar-refractivity contribution >= 4 is 10.9 Å². The number of nitrogens with zero attached hydrogens (tertiary/aromatic N) is 1. The Hall–Kier alpha value is -1.24. The Morgan fingerprint density at radius 2 is 1.63 bits per heavy atom. The molecule has 1 aromatic heterocycles. The molecule has 0 spiro atoms. The minimum atomic E-state index is 1.24. The third kappa shape index (κ3) is 3.20. The van der Waals surface area contributed by atoms with Crippen LogP contribution in [-0.4, -0.2) is 4.57 Å². The van der Waals surface area contributed by atoms with Crippen LogP contribution in [0.1, 0.15) is 56.7 Å². The monoisotopic (exact) mass is 257 g/mol. The van der Waals surface area contributed by atoms with Crippen molar-refractivity contribution in [1.29, 1.82) is 0 Å². The van der Waals surface area contributed by atoms with Gasteiger partial charge in [-0.25, -0.2) is 0 Å². The van der Waals surface area contributed by atoms with E-state index in [-0.39, 0.29) is 0 Å². The highest BCUT2D eigenvalue weighted by Crippen LogP contribution is 2.26. The highest BCUT2D eigenvalue weighted by atomic mass is 14.9. The smallest absolute Gasteiger partial charge is 0.0482 e. The van der Waals surface area contributed by atoms with Crippen LogP contribution in [-0.2, 0) is 13.5 Å². The molecule has 0 radical (unpaired) electrons. The number of benzene rings is 1. The summed E-state index contributed by atoms with van der Waals surface area (Å²) in [6.45, 7) is 4.53. The number of fused-ring (bicyclic) bond motifs is 1. The molecule has 1 nitrogen and oxygen atoms in total. The van der Waals surface area contributed by atoms with Gasteiger partial charge in [-0.15, -0.1) is 0 Å². The van der Waals surface area contributed by atoms with Gasteiger partial charge in [-0.2, -0.15) is 0 Å². The summed E-state index contributed by atoms with van der Waals surface area (Å²) < 4.78 is 2.34. The quantitative estimate of drug-likeness (QED) is 0.586. The first-order valence-electron chi connectivity index (χ1n) is 7.78. The summed E-state index contributed by atoms with van der Waals surface area (Å²) in [6.07, 6.45) is 9.49. The van der Waals surface area contributed by atoms with Gasteiger partial charge in [0.15, 0.2) is 0 Å². The number of rotatable bonds is 7. The maximum absolute atomic E-state index is 2.34. The summed E-state index contributed by atoms with van der Waals surface area (Å²) in [7, 11) is 2.18. The molecule has 1 heteroatoms. The first kappa shape index (κ1) is 14.2. The van der Waals surface area contributed by atoms with Crippen LogP contribution in [0.3, 0.4) is 0 Å². The average molecular weight is 257 g/mol. The first-order chi connectivity index (χ1) is 9.25. The van der Waals surface area contributed by atoms with Crippen molar-refractivity contribution < 1.29 is 0 Å². The van der Waals surface area contributed by atoms with Gasteiger partial charge in [0.25, 0.3) is 0 Å². The molecule has 0 N–H and O–H groups in total. The van der Waals surface area contributed by atoms with Crippen molar-refractivity contribution in [3.05, 3.63) is 35.5 Å². The zero-order valence-electron chi connectivity index (χ0n) is 12.7. The lowest BCUT2D eigenvalue weighted by molar-refractivity contribution is 0.607. The molecule has 0 unspecified atom stereocenters. The van der Waals surface area contributed by atoms with E-state index in [0.717, 1.165) is 0 Å². The van der Waals surface area contributed by atoms with Crippen LogP contribution in [0.15, 0.2) is 24.3 Å². The van der Waals surface area contributed by atoms with Crippen molar-refractivity contribution in [2.45, 2.75) is 58.8 Å². The van der Waals surface area contributed by atoms with E-state index >= 15 is 0 Å². The molecule has 2 aromatic rings. The van der Waals surface area contributed by atoms with E-state index in [0.29, 0.717) is 0 Å². The van der Waals surface area contributed by atoms with Gasteiger partial charge >= 0.3 is 0 Å². The van der Waals surface area contributed by atoms with Crippen molar-refractivity contribution in [1.82, 2.24) is 4.57 Å². The Morgan fingerprint density at radius 1 is 0.947 bits per heavy atom. The normalized spacial score (nSPS) is 11.3. The number of para-hydroxylation sites is 1. The molecule has 0 amide bonds. The molecule has 19 heavy (non-hydrogen) atoms. The number of hydrogen-bond donors (Lipinski definition) is 0. The van der Waals surface area contributed by atoms with Crippen molar-refractivity contribution in [3.63, 3.8) is 0 Å². The van der Waals surface area contributed by atoms with Gasteiger partial charge in [-0.05, 0) is 31.4 Å². The van der Waals surface area contributed by atoms with Crippen molar-refractivity contribution in [3.8, 4) is 0 Å². The van der Waals surface area contributed by atoms with Crippen LogP contribution in [0.25, 0.3) is 10.9 Å². The maximum Gasteiger partial charge on any atom is 0.0482 e. The third-order valence-electron chi connectivity index (χ3n) is 4.31. The van der Waals surface area contributed by atoms with E-state index in [2.05, 4.69) is 49.7 Å². The number of aromatic nitrogens is 1. The molecule has 0 aliphatic heterocycles. The molecule has 0 saturated carbocycles. The van der Waals surface area contributed by atoms with Crippen LogP contribution < -0.4 is 0 Å². The second-order valence-corrected chi connectivity index (χ2v) is 5.66. The minimum absolute atomic E-state index is 1.24. The zero-order chi connectivity index (χ0) is 13.7. The summed E-state index contributed by atoms with van der Waals surface area (Å²) in [5.41, 5.74) is 4.38. The van der Waals surface area contributed by atoms with Gasteiger partial charge < -0.3 is 4.57 Å². The Bertz CT molecular complexity index is 522. The zero-order valence-corrected chi connectivity index (χ0v) is 12.7. The molecular formula is C18H27N. The molecule has 0 bridgehead atoms. The van der Waals surface area contributed by atoms with E-state index in [9.17, 15) is 0 Å². The standard InChI is InChI=1S/C18H27N/c1-4-5-6-7-8-9-12-16-15(2)19(3)18-14-11-10-13-17(16)18/h10-11,13-14H,4-9,12H2,1-3H3. The fourth-order valence-electron chi connectivity index (χ4n) is 3.00. The van der Waals surface area contributed by atoms with Crippen LogP contribution in [0.5, 0.6) is 0 Å². The van der Waals surface area contributed by atoms with Crippen LogP contribution in [0.4, 0.5) is 0 Å². The molecule has 0 aliphatic carbocycles. The Labute approximate surface area is 117 Å². The number of aryl methyl sites for hydroxylation is 2. The maximum atomic E-state index is 2.34. The molecule has 2 rings (SSSR count). The predicted octanol–water partition coefficient (Wildman–Crippen LogP) is 5.39. The van der Waals surface area contributed by atoms with Gasteiger partial charge in [0, 0.05) is 23.6 Å². The van der Waals surface area contributed by atoms with Crippen molar-refractivity contribution in [2.75, 3.05) is 0 Å². The van der Waals surface area contributed by atoms with Gasteiger partial charge in [0.1, 0.15) is 0 Å². The molecule has 1 heterocycles. The SMILES string of the molecule is CCCCCCCCc1c(C)n(C)c2ccccc12. The first-order valence-corrected chi connectivity index (χ1v) is 7.78. The van der Waals surface area contributed by atoms with Crippen LogP contribution >= 0.6 is 0 Å². The Morgan fingerprint density at radius 3 is 2.42 bits per heavy atom. The Balaban J connectivity index is 1.99. The van der Waals surface area contributed by atoms with E-state index in [1.807, 2.05) is 0 Å². The highest BCUT2D eigenvalue weighted by molar-refractivity contribution is 5.85. The van der Waals surface area contributed by atoms with Gasteiger partial charge in [0.05, 0.1) is 0 Å². The molecular weight excluding hydrogens is 230 g/mol. The Kier molecular flexibility index (Phi) is 5.07. The van der Waals surface area contributed by atoms with Crippen LogP contribution in [0.2, 0.25) is 0 Å². The minimum Gasteiger partial charge on any atom is -0.348 e. The van der Waals surface area contributed by atoms with E-state index in [1.165, 1.54) is 61.5 Å². The fourth-order valence-corrected chi connectivity index (χ4v) is 3.00. The highest BCUT2D eigenvalue weighted by Gasteiger charge is 2.10. The average Bonchev–Trinajstić information content (AvgIpc) is 2.68. The second kappa shape index (κ2) is 6.79. The molecule has 104 valence electrons. The van der Waals surface area contributed by atoms with E-state index in [4.69, 9.17) is 0 Å². The lowest BCUT2D eigenvalue weighted by atomic mass is 10.0. The van der Waals surface area contributed by atoms with E-state index < -0.39 is 0 Å². The number of unbranched alkanes of at least 4 members (excludes halogenated alkanes) is 5. The number of hydrogen-bond acceptors (Lipinski definition) is 0. The van der Waals surface area contributed by atoms with Crippen molar-refractivity contribution in [2.24, 2.45) is 7.05 Å². The molecule has 0 atom stereocenters. The summed E-state index contributed by atoms with van der Waals surface area (Å²) in [6, 6.07) is 8.80. The largest absolute Gasteiger partial charge is 0.348 e. The molecule has 0 fully saturated rings. The molecule has 1 aromatic carbocycles. The topological polar surface area (TPSA) is 4.93 Å². The van der Waals surface area contributed by atoms with Gasteiger partial charge in [-0.1, -0.05) is 57.2 Å². The molecule has 0 saturated heterocycles. The summed E-state index contributed by atoms with van der Waals surface area (Å²) in [5.74, 6) is 0. The summed E-state index contributed by atoms with van der Waals surface area (Å²) in [5, 5.41) is 1.45. The lowest BCUT2D eigenvalue weighted by Crippen LogP contribution is -1.93. The fraction of sp³-hybridized carbons (Fsp3) is 0.556. The van der Waals surface area contributed by atoms with Gasteiger partial charge in [-0.3, -0.25) is 0 Å². The van der Waals surface area contributed by atoms with Gasteiger partial charge in [0.2, 0.25) is 0 Å². The summed E-state index contributed by atoms with van der Waals surface area (Å²) in [4.78, 5) is 0. The lowest BCUT2D eigenvalue weighted by Gasteiger charge is -2.03. The summed E-state index contributed by atoms with van der Waals surface area (Å²) >= 11 is 0. The second-order valence-electron chi connectivity index (χ2n) is 5.66. The third-order valence-corrected chi connectivity index (χ3v) is 4.31. The van der Waals surface area contributed by atoms with E-state index in [1.54, 1.807) is 5.56 Å². The predicted molar refractivity (Wildman–Crippen MR) is 84.7 cm³/mol. The van der Waals surface area contributed by atoms with Crippen LogP contribution in [0, 0.1) is 6.92 Å².